The number of rotatable bonds is 8. The summed E-state index contributed by atoms with van der Waals surface area (Å²) in [5.74, 6) is 1.02. The predicted molar refractivity (Wildman–Crippen MR) is 122 cm³/mol. The predicted octanol–water partition coefficient (Wildman–Crippen LogP) is 3.83. The molecule has 6 heteroatoms. The van der Waals surface area contributed by atoms with Crippen molar-refractivity contribution in [1.29, 1.82) is 0 Å². The molecule has 0 aliphatic carbocycles. The summed E-state index contributed by atoms with van der Waals surface area (Å²) in [7, 11) is 1.70. The number of halogens is 1. The SMILES string of the molecule is CCNC(=O)[C@@H]1C[C@H](NCc2ccc(OC)c(C)c2C)CN1Cc1cccc(Cl)c1. The van der Waals surface area contributed by atoms with Crippen LogP contribution in [0.15, 0.2) is 36.4 Å². The highest BCUT2D eigenvalue weighted by molar-refractivity contribution is 6.30. The zero-order chi connectivity index (χ0) is 21.7. The number of hydrogen-bond acceptors (Lipinski definition) is 4. The molecule has 2 aromatic rings. The summed E-state index contributed by atoms with van der Waals surface area (Å²) in [6.45, 7) is 9.12. The third-order valence-electron chi connectivity index (χ3n) is 5.98. The third kappa shape index (κ3) is 5.34. The number of amides is 1. The molecule has 3 rings (SSSR count). The van der Waals surface area contributed by atoms with E-state index in [0.717, 1.165) is 35.8 Å². The van der Waals surface area contributed by atoms with Crippen LogP contribution < -0.4 is 15.4 Å². The summed E-state index contributed by atoms with van der Waals surface area (Å²) in [4.78, 5) is 14.9. The van der Waals surface area contributed by atoms with E-state index in [1.165, 1.54) is 16.7 Å². The summed E-state index contributed by atoms with van der Waals surface area (Å²) < 4.78 is 5.42. The number of methoxy groups -OCH3 is 1. The van der Waals surface area contributed by atoms with E-state index in [0.29, 0.717) is 13.1 Å². The van der Waals surface area contributed by atoms with Gasteiger partial charge in [0, 0.05) is 37.2 Å². The maximum absolute atomic E-state index is 12.7. The van der Waals surface area contributed by atoms with Crippen molar-refractivity contribution in [2.45, 2.75) is 52.4 Å². The number of benzene rings is 2. The molecule has 0 aromatic heterocycles. The van der Waals surface area contributed by atoms with E-state index in [-0.39, 0.29) is 18.0 Å². The van der Waals surface area contributed by atoms with Crippen molar-refractivity contribution in [2.24, 2.45) is 0 Å². The Kier molecular flexibility index (Phi) is 7.75. The average Bonchev–Trinajstić information content (AvgIpc) is 3.12. The topological polar surface area (TPSA) is 53.6 Å². The molecule has 5 nitrogen and oxygen atoms in total. The Bertz CT molecular complexity index is 887. The van der Waals surface area contributed by atoms with Crippen LogP contribution in [0.5, 0.6) is 5.75 Å². The van der Waals surface area contributed by atoms with E-state index < -0.39 is 0 Å². The van der Waals surface area contributed by atoms with Gasteiger partial charge in [-0.25, -0.2) is 0 Å². The molecule has 0 spiro atoms. The number of carbonyl (C=O) groups excluding carboxylic acids is 1. The maximum Gasteiger partial charge on any atom is 0.237 e. The molecule has 2 atom stereocenters. The van der Waals surface area contributed by atoms with Gasteiger partial charge in [-0.15, -0.1) is 0 Å². The van der Waals surface area contributed by atoms with Gasteiger partial charge in [-0.3, -0.25) is 9.69 Å². The van der Waals surface area contributed by atoms with Crippen LogP contribution in [0.3, 0.4) is 0 Å². The lowest BCUT2D eigenvalue weighted by Crippen LogP contribution is -2.42. The Balaban J connectivity index is 1.69. The first kappa shape index (κ1) is 22.6. The van der Waals surface area contributed by atoms with Gasteiger partial charge in [0.05, 0.1) is 13.2 Å². The highest BCUT2D eigenvalue weighted by atomic mass is 35.5. The fraction of sp³-hybridized carbons (Fsp3) is 0.458. The average molecular weight is 430 g/mol. The molecule has 162 valence electrons. The normalized spacial score (nSPS) is 19.1. The first-order chi connectivity index (χ1) is 14.4. The van der Waals surface area contributed by atoms with Crippen molar-refractivity contribution in [2.75, 3.05) is 20.2 Å². The van der Waals surface area contributed by atoms with Crippen LogP contribution in [0.1, 0.15) is 35.6 Å². The highest BCUT2D eigenvalue weighted by Crippen LogP contribution is 2.26. The molecule has 0 bridgehead atoms. The standard InChI is InChI=1S/C24H32ClN3O2/c1-5-26-24(29)22-12-21(15-28(22)14-18-7-6-8-20(25)11-18)27-13-19-9-10-23(30-4)17(3)16(19)2/h6-11,21-22,27H,5,12-15H2,1-4H3,(H,26,29)/t21-,22-/m0/s1. The van der Waals surface area contributed by atoms with E-state index in [4.69, 9.17) is 16.3 Å². The monoisotopic (exact) mass is 429 g/mol. The molecule has 0 unspecified atom stereocenters. The summed E-state index contributed by atoms with van der Waals surface area (Å²) in [5.41, 5.74) is 4.80. The summed E-state index contributed by atoms with van der Waals surface area (Å²) in [5, 5.41) is 7.38. The van der Waals surface area contributed by atoms with Crippen molar-refractivity contribution in [3.63, 3.8) is 0 Å². The molecular weight excluding hydrogens is 398 g/mol. The van der Waals surface area contributed by atoms with Crippen LogP contribution in [0.25, 0.3) is 0 Å². The van der Waals surface area contributed by atoms with Crippen molar-refractivity contribution >= 4 is 17.5 Å². The molecule has 2 aromatic carbocycles. The zero-order valence-corrected chi connectivity index (χ0v) is 19.1. The minimum atomic E-state index is -0.139. The summed E-state index contributed by atoms with van der Waals surface area (Å²) in [6, 6.07) is 12.1. The third-order valence-corrected chi connectivity index (χ3v) is 6.22. The Morgan fingerprint density at radius 3 is 2.73 bits per heavy atom. The molecule has 1 aliphatic rings. The van der Waals surface area contributed by atoms with Gasteiger partial charge in [-0.1, -0.05) is 29.8 Å². The molecule has 0 saturated carbocycles. The molecule has 1 saturated heterocycles. The number of nitrogens with zero attached hydrogens (tertiary/aromatic N) is 1. The largest absolute Gasteiger partial charge is 0.496 e. The van der Waals surface area contributed by atoms with Gasteiger partial charge in [0.1, 0.15) is 5.75 Å². The van der Waals surface area contributed by atoms with Crippen LogP contribution in [0.2, 0.25) is 5.02 Å². The Morgan fingerprint density at radius 2 is 2.03 bits per heavy atom. The highest BCUT2D eigenvalue weighted by Gasteiger charge is 2.36. The van der Waals surface area contributed by atoms with Gasteiger partial charge in [0.2, 0.25) is 5.91 Å². The van der Waals surface area contributed by atoms with E-state index >= 15 is 0 Å². The van der Waals surface area contributed by atoms with Gasteiger partial charge < -0.3 is 15.4 Å². The van der Waals surface area contributed by atoms with Crippen LogP contribution in [0.4, 0.5) is 0 Å². The van der Waals surface area contributed by atoms with Crippen molar-refractivity contribution in [3.8, 4) is 5.75 Å². The lowest BCUT2D eigenvalue weighted by molar-refractivity contribution is -0.125. The van der Waals surface area contributed by atoms with Crippen LogP contribution in [-0.4, -0.2) is 43.1 Å². The molecule has 2 N–H and O–H groups in total. The van der Waals surface area contributed by atoms with Crippen molar-refractivity contribution < 1.29 is 9.53 Å². The first-order valence-corrected chi connectivity index (χ1v) is 10.9. The van der Waals surface area contributed by atoms with Crippen molar-refractivity contribution in [1.82, 2.24) is 15.5 Å². The van der Waals surface area contributed by atoms with E-state index in [1.54, 1.807) is 7.11 Å². The minimum Gasteiger partial charge on any atom is -0.496 e. The van der Waals surface area contributed by atoms with E-state index in [2.05, 4.69) is 41.5 Å². The smallest absolute Gasteiger partial charge is 0.237 e. The van der Waals surface area contributed by atoms with Gasteiger partial charge in [-0.2, -0.15) is 0 Å². The Labute approximate surface area is 184 Å². The van der Waals surface area contributed by atoms with Gasteiger partial charge in [-0.05, 0) is 67.6 Å². The molecule has 1 heterocycles. The first-order valence-electron chi connectivity index (χ1n) is 10.6. The second kappa shape index (κ2) is 10.3. The molecular formula is C24H32ClN3O2. The number of hydrogen-bond donors (Lipinski definition) is 2. The number of likely N-dealkylation sites (tertiary alicyclic amines) is 1. The number of nitrogens with one attached hydrogen (secondary N) is 2. The number of carbonyl (C=O) groups is 1. The second-order valence-corrected chi connectivity index (χ2v) is 8.40. The molecule has 1 fully saturated rings. The molecule has 0 radical (unpaired) electrons. The number of likely N-dealkylation sites (N-methyl/N-ethyl adjacent to an activating group) is 1. The van der Waals surface area contributed by atoms with Gasteiger partial charge >= 0.3 is 0 Å². The van der Waals surface area contributed by atoms with Crippen LogP contribution in [-0.2, 0) is 17.9 Å². The number of ether oxygens (including phenoxy) is 1. The Morgan fingerprint density at radius 1 is 1.23 bits per heavy atom. The van der Waals surface area contributed by atoms with Crippen molar-refractivity contribution in [3.05, 3.63) is 63.7 Å². The minimum absolute atomic E-state index is 0.0975. The van der Waals surface area contributed by atoms with Gasteiger partial charge in [0.15, 0.2) is 0 Å². The Hall–Kier alpha value is -2.08. The quantitative estimate of drug-likeness (QED) is 0.669. The second-order valence-electron chi connectivity index (χ2n) is 7.96. The lowest BCUT2D eigenvalue weighted by Gasteiger charge is -2.23. The van der Waals surface area contributed by atoms with Crippen LogP contribution in [0, 0.1) is 13.8 Å². The molecule has 30 heavy (non-hydrogen) atoms. The lowest BCUT2D eigenvalue weighted by atomic mass is 10.0. The van der Waals surface area contributed by atoms with E-state index in [9.17, 15) is 4.79 Å². The zero-order valence-electron chi connectivity index (χ0n) is 18.3. The molecule has 1 amide bonds. The summed E-state index contributed by atoms with van der Waals surface area (Å²) >= 11 is 6.16. The van der Waals surface area contributed by atoms with Crippen LogP contribution >= 0.6 is 11.6 Å². The fourth-order valence-corrected chi connectivity index (χ4v) is 4.39. The molecule has 1 aliphatic heterocycles. The maximum atomic E-state index is 12.7. The fourth-order valence-electron chi connectivity index (χ4n) is 4.18. The van der Waals surface area contributed by atoms with Gasteiger partial charge in [0.25, 0.3) is 0 Å². The van der Waals surface area contributed by atoms with E-state index in [1.807, 2.05) is 31.2 Å². The summed E-state index contributed by atoms with van der Waals surface area (Å²) in [6.07, 6.45) is 0.792.